The van der Waals surface area contributed by atoms with Crippen molar-refractivity contribution in [2.45, 2.75) is 13.0 Å². The molecule has 1 unspecified atom stereocenters. The Morgan fingerprint density at radius 3 is 2.80 bits per heavy atom. The summed E-state index contributed by atoms with van der Waals surface area (Å²) in [6.07, 6.45) is 3.97. The van der Waals surface area contributed by atoms with Crippen molar-refractivity contribution >= 4 is 11.3 Å². The summed E-state index contributed by atoms with van der Waals surface area (Å²) in [5.74, 6) is 0. The first kappa shape index (κ1) is 10.4. The minimum absolute atomic E-state index is 0.263. The third-order valence-corrected chi connectivity index (χ3v) is 3.59. The molecule has 0 amide bonds. The van der Waals surface area contributed by atoms with E-state index in [1.54, 1.807) is 11.3 Å². The number of nitrogens with one attached hydrogen (secondary N) is 1. The minimum Gasteiger partial charge on any atom is -0.309 e. The predicted octanol–water partition coefficient (Wildman–Crippen LogP) is 2.10. The lowest BCUT2D eigenvalue weighted by Gasteiger charge is -2.13. The molecule has 1 atom stereocenters. The molecule has 0 fully saturated rings. The van der Waals surface area contributed by atoms with Gasteiger partial charge in [0.05, 0.1) is 12.2 Å². The third-order valence-electron chi connectivity index (χ3n) is 2.51. The molecule has 0 aliphatic rings. The molecular formula is C11H15N3S. The Hall–Kier alpha value is -1.13. The maximum Gasteiger partial charge on any atom is 0.0702 e. The van der Waals surface area contributed by atoms with E-state index >= 15 is 0 Å². The van der Waals surface area contributed by atoms with Crippen LogP contribution in [0.1, 0.15) is 22.0 Å². The summed E-state index contributed by atoms with van der Waals surface area (Å²) in [5, 5.41) is 9.67. The van der Waals surface area contributed by atoms with Crippen LogP contribution in [0.3, 0.4) is 0 Å². The second kappa shape index (κ2) is 4.16. The average molecular weight is 221 g/mol. The normalized spacial score (nSPS) is 13.0. The van der Waals surface area contributed by atoms with E-state index in [2.05, 4.69) is 35.0 Å². The van der Waals surface area contributed by atoms with Gasteiger partial charge >= 0.3 is 0 Å². The van der Waals surface area contributed by atoms with Gasteiger partial charge in [0.15, 0.2) is 0 Å². The molecule has 0 aliphatic carbocycles. The fourth-order valence-corrected chi connectivity index (χ4v) is 2.78. The van der Waals surface area contributed by atoms with Crippen LogP contribution in [0, 0.1) is 6.92 Å². The van der Waals surface area contributed by atoms with Crippen molar-refractivity contribution in [2.75, 3.05) is 7.05 Å². The van der Waals surface area contributed by atoms with Gasteiger partial charge < -0.3 is 5.32 Å². The van der Waals surface area contributed by atoms with Gasteiger partial charge in [-0.25, -0.2) is 0 Å². The molecular weight excluding hydrogens is 206 g/mol. The number of aryl methyl sites for hydroxylation is 2. The number of thiophene rings is 1. The lowest BCUT2D eigenvalue weighted by molar-refractivity contribution is 0.697. The number of rotatable bonds is 3. The highest BCUT2D eigenvalue weighted by Crippen LogP contribution is 2.28. The zero-order valence-corrected chi connectivity index (χ0v) is 10.0. The van der Waals surface area contributed by atoms with Crippen molar-refractivity contribution < 1.29 is 0 Å². The van der Waals surface area contributed by atoms with Crippen molar-refractivity contribution in [1.29, 1.82) is 0 Å². The molecule has 0 aliphatic heterocycles. The largest absolute Gasteiger partial charge is 0.309 e. The monoisotopic (exact) mass is 221 g/mol. The van der Waals surface area contributed by atoms with E-state index in [4.69, 9.17) is 0 Å². The highest BCUT2D eigenvalue weighted by molar-refractivity contribution is 7.10. The molecule has 0 radical (unpaired) electrons. The molecule has 3 nitrogen and oxygen atoms in total. The van der Waals surface area contributed by atoms with Gasteiger partial charge in [0.2, 0.25) is 0 Å². The second-order valence-corrected chi connectivity index (χ2v) is 4.58. The summed E-state index contributed by atoms with van der Waals surface area (Å²) in [6.45, 7) is 2.15. The second-order valence-electron chi connectivity index (χ2n) is 3.64. The third kappa shape index (κ3) is 1.96. The molecule has 2 rings (SSSR count). The summed E-state index contributed by atoms with van der Waals surface area (Å²) in [7, 11) is 3.92. The highest BCUT2D eigenvalue weighted by Gasteiger charge is 2.16. The van der Waals surface area contributed by atoms with Gasteiger partial charge in [-0.2, -0.15) is 5.10 Å². The van der Waals surface area contributed by atoms with E-state index in [0.717, 1.165) is 0 Å². The SMILES string of the molecule is CNC(c1cnn(C)c1)c1sccc1C. The van der Waals surface area contributed by atoms with Crippen LogP contribution in [0.15, 0.2) is 23.8 Å². The lowest BCUT2D eigenvalue weighted by atomic mass is 10.1. The van der Waals surface area contributed by atoms with E-state index < -0.39 is 0 Å². The Morgan fingerprint density at radius 2 is 2.33 bits per heavy atom. The molecule has 2 aromatic heterocycles. The summed E-state index contributed by atoms with van der Waals surface area (Å²) >= 11 is 1.79. The zero-order valence-electron chi connectivity index (χ0n) is 9.19. The molecule has 1 N–H and O–H groups in total. The quantitative estimate of drug-likeness (QED) is 0.860. The van der Waals surface area contributed by atoms with Gasteiger partial charge in [-0.3, -0.25) is 4.68 Å². The first-order chi connectivity index (χ1) is 7.22. The minimum atomic E-state index is 0.263. The van der Waals surface area contributed by atoms with Crippen LogP contribution in [0.5, 0.6) is 0 Å². The van der Waals surface area contributed by atoms with E-state index in [-0.39, 0.29) is 6.04 Å². The Balaban J connectivity index is 2.36. The average Bonchev–Trinajstić information content (AvgIpc) is 2.79. The Morgan fingerprint density at radius 1 is 1.53 bits per heavy atom. The molecule has 2 aromatic rings. The van der Waals surface area contributed by atoms with Crippen LogP contribution < -0.4 is 5.32 Å². The van der Waals surface area contributed by atoms with Crippen molar-refractivity contribution in [3.8, 4) is 0 Å². The van der Waals surface area contributed by atoms with Crippen molar-refractivity contribution in [3.63, 3.8) is 0 Å². The van der Waals surface area contributed by atoms with Crippen LogP contribution in [0.25, 0.3) is 0 Å². The van der Waals surface area contributed by atoms with Crippen LogP contribution in [-0.2, 0) is 7.05 Å². The van der Waals surface area contributed by atoms with Gasteiger partial charge in [0.1, 0.15) is 0 Å². The standard InChI is InChI=1S/C11H15N3S/c1-8-4-5-15-11(8)10(12-2)9-6-13-14(3)7-9/h4-7,10,12H,1-3H3. The Kier molecular flexibility index (Phi) is 2.88. The molecule has 0 aromatic carbocycles. The van der Waals surface area contributed by atoms with Crippen molar-refractivity contribution in [1.82, 2.24) is 15.1 Å². The van der Waals surface area contributed by atoms with Gasteiger partial charge in [-0.05, 0) is 31.0 Å². The van der Waals surface area contributed by atoms with E-state index in [9.17, 15) is 0 Å². The fourth-order valence-electron chi connectivity index (χ4n) is 1.72. The summed E-state index contributed by atoms with van der Waals surface area (Å²) in [5.41, 5.74) is 2.55. The molecule has 0 saturated heterocycles. The highest BCUT2D eigenvalue weighted by atomic mass is 32.1. The van der Waals surface area contributed by atoms with Crippen LogP contribution in [-0.4, -0.2) is 16.8 Å². The molecule has 15 heavy (non-hydrogen) atoms. The summed E-state index contributed by atoms with van der Waals surface area (Å²) in [4.78, 5) is 1.37. The van der Waals surface area contributed by atoms with E-state index in [1.807, 2.05) is 25.0 Å². The Labute approximate surface area is 93.7 Å². The summed E-state index contributed by atoms with van der Waals surface area (Å²) in [6, 6.07) is 2.42. The topological polar surface area (TPSA) is 29.9 Å². The number of hydrogen-bond acceptors (Lipinski definition) is 3. The first-order valence-corrected chi connectivity index (χ1v) is 5.80. The van der Waals surface area contributed by atoms with E-state index in [1.165, 1.54) is 16.0 Å². The first-order valence-electron chi connectivity index (χ1n) is 4.92. The van der Waals surface area contributed by atoms with Gasteiger partial charge in [-0.15, -0.1) is 11.3 Å². The number of hydrogen-bond donors (Lipinski definition) is 1. The van der Waals surface area contributed by atoms with Crippen molar-refractivity contribution in [3.05, 3.63) is 39.8 Å². The van der Waals surface area contributed by atoms with Crippen LogP contribution in [0.4, 0.5) is 0 Å². The number of aromatic nitrogens is 2. The molecule has 0 saturated carbocycles. The van der Waals surface area contributed by atoms with Crippen molar-refractivity contribution in [2.24, 2.45) is 7.05 Å². The maximum atomic E-state index is 4.21. The predicted molar refractivity (Wildman–Crippen MR) is 63.2 cm³/mol. The summed E-state index contributed by atoms with van der Waals surface area (Å²) < 4.78 is 1.84. The smallest absolute Gasteiger partial charge is 0.0702 e. The Bertz CT molecular complexity index is 444. The van der Waals surface area contributed by atoms with Crippen LogP contribution in [0.2, 0.25) is 0 Å². The van der Waals surface area contributed by atoms with E-state index in [0.29, 0.717) is 0 Å². The lowest BCUT2D eigenvalue weighted by Crippen LogP contribution is -2.16. The maximum absolute atomic E-state index is 4.21. The molecule has 4 heteroatoms. The zero-order chi connectivity index (χ0) is 10.8. The molecule has 0 spiro atoms. The molecule has 2 heterocycles. The fraction of sp³-hybridized carbons (Fsp3) is 0.364. The van der Waals surface area contributed by atoms with Gasteiger partial charge in [-0.1, -0.05) is 0 Å². The van der Waals surface area contributed by atoms with Crippen LogP contribution >= 0.6 is 11.3 Å². The van der Waals surface area contributed by atoms with Gasteiger partial charge in [0, 0.05) is 23.7 Å². The van der Waals surface area contributed by atoms with Gasteiger partial charge in [0.25, 0.3) is 0 Å². The molecule has 0 bridgehead atoms. The number of nitrogens with zero attached hydrogens (tertiary/aromatic N) is 2. The molecule has 80 valence electrons.